The van der Waals surface area contributed by atoms with Crippen LogP contribution in [0.3, 0.4) is 0 Å². The van der Waals surface area contributed by atoms with E-state index in [0.29, 0.717) is 12.8 Å². The highest BCUT2D eigenvalue weighted by Crippen LogP contribution is 2.32. The molecule has 0 aliphatic rings. The molecule has 0 bridgehead atoms. The van der Waals surface area contributed by atoms with Crippen molar-refractivity contribution >= 4 is 11.8 Å². The molecule has 0 unspecified atom stereocenters. The molecule has 0 heterocycles. The molecule has 0 fully saturated rings. The Bertz CT molecular complexity index is 1010. The molecule has 3 aromatic carbocycles. The third-order valence-corrected chi connectivity index (χ3v) is 7.07. The quantitative estimate of drug-likeness (QED) is 0.147. The van der Waals surface area contributed by atoms with Crippen molar-refractivity contribution in [3.05, 3.63) is 89.0 Å². The summed E-state index contributed by atoms with van der Waals surface area (Å²) >= 11 is 1.98. The number of thioether (sulfide) groups is 1. The maximum atomic E-state index is 10.4. The normalized spacial score (nSPS) is 11.1. The van der Waals surface area contributed by atoms with Crippen molar-refractivity contribution in [2.75, 3.05) is 37.7 Å². The minimum absolute atomic E-state index is 0.0311. The standard InChI is InChI=1S/C29H38N2O3S/c32-26-9-4-8-24(22-26)10-12-27-25(11-13-28(33)29(27)34)15-18-30-16-5-20-35-21-19-31-17-14-23-6-2-1-3-7-23/h1-4,6-9,11,13,22,30-34H,5,10,12,14-21H2. The molecular weight excluding hydrogens is 456 g/mol. The summed E-state index contributed by atoms with van der Waals surface area (Å²) in [6.07, 6.45) is 4.28. The van der Waals surface area contributed by atoms with Gasteiger partial charge in [-0.3, -0.25) is 0 Å². The second kappa shape index (κ2) is 15.4. The van der Waals surface area contributed by atoms with Crippen molar-refractivity contribution in [3.8, 4) is 17.2 Å². The van der Waals surface area contributed by atoms with E-state index in [4.69, 9.17) is 0 Å². The van der Waals surface area contributed by atoms with E-state index in [0.717, 1.165) is 73.6 Å². The molecule has 35 heavy (non-hydrogen) atoms. The lowest BCUT2D eigenvalue weighted by atomic mass is 9.96. The largest absolute Gasteiger partial charge is 0.508 e. The maximum Gasteiger partial charge on any atom is 0.160 e. The van der Waals surface area contributed by atoms with E-state index in [-0.39, 0.29) is 17.2 Å². The number of phenolic OH excluding ortho intramolecular Hbond substituents is 3. The van der Waals surface area contributed by atoms with E-state index >= 15 is 0 Å². The molecule has 6 heteroatoms. The Morgan fingerprint density at radius 2 is 1.40 bits per heavy atom. The molecule has 0 radical (unpaired) electrons. The number of rotatable bonds is 16. The maximum absolute atomic E-state index is 10.4. The number of benzene rings is 3. The molecule has 5 N–H and O–H groups in total. The topological polar surface area (TPSA) is 84.8 Å². The van der Waals surface area contributed by atoms with Crippen LogP contribution in [-0.4, -0.2) is 53.0 Å². The van der Waals surface area contributed by atoms with Crippen LogP contribution in [0.4, 0.5) is 0 Å². The van der Waals surface area contributed by atoms with Gasteiger partial charge in [0.05, 0.1) is 0 Å². The van der Waals surface area contributed by atoms with Gasteiger partial charge in [0.15, 0.2) is 11.5 Å². The number of nitrogens with one attached hydrogen (secondary N) is 2. The van der Waals surface area contributed by atoms with Crippen molar-refractivity contribution in [2.24, 2.45) is 0 Å². The number of phenols is 3. The van der Waals surface area contributed by atoms with Gasteiger partial charge in [0.2, 0.25) is 0 Å². The van der Waals surface area contributed by atoms with Crippen LogP contribution >= 0.6 is 11.8 Å². The SMILES string of the molecule is Oc1cccc(CCc2c(CCNCCCSCCNCCc3ccccc3)ccc(O)c2O)c1. The van der Waals surface area contributed by atoms with E-state index < -0.39 is 0 Å². The fourth-order valence-corrected chi connectivity index (χ4v) is 4.90. The van der Waals surface area contributed by atoms with Gasteiger partial charge in [-0.15, -0.1) is 0 Å². The van der Waals surface area contributed by atoms with E-state index in [1.807, 2.05) is 30.0 Å². The van der Waals surface area contributed by atoms with Crippen LogP contribution in [0.25, 0.3) is 0 Å². The summed E-state index contributed by atoms with van der Waals surface area (Å²) < 4.78 is 0. The Kier molecular flexibility index (Phi) is 11.8. The third kappa shape index (κ3) is 9.84. The van der Waals surface area contributed by atoms with E-state index in [9.17, 15) is 15.3 Å². The highest BCUT2D eigenvalue weighted by atomic mass is 32.2. The fourth-order valence-electron chi connectivity index (χ4n) is 4.06. The van der Waals surface area contributed by atoms with Crippen LogP contribution < -0.4 is 10.6 Å². The molecule has 0 aromatic heterocycles. The molecule has 0 atom stereocenters. The van der Waals surface area contributed by atoms with E-state index in [1.165, 1.54) is 5.56 Å². The monoisotopic (exact) mass is 494 g/mol. The van der Waals surface area contributed by atoms with Crippen molar-refractivity contribution in [1.82, 2.24) is 10.6 Å². The molecule has 5 nitrogen and oxygen atoms in total. The van der Waals surface area contributed by atoms with Gasteiger partial charge in [-0.2, -0.15) is 11.8 Å². The van der Waals surface area contributed by atoms with E-state index in [1.54, 1.807) is 18.2 Å². The highest BCUT2D eigenvalue weighted by molar-refractivity contribution is 7.99. The lowest BCUT2D eigenvalue weighted by Gasteiger charge is -2.14. The summed E-state index contributed by atoms with van der Waals surface area (Å²) in [6, 6.07) is 21.2. The van der Waals surface area contributed by atoms with Gasteiger partial charge in [0.25, 0.3) is 0 Å². The first-order valence-electron chi connectivity index (χ1n) is 12.5. The van der Waals surface area contributed by atoms with Gasteiger partial charge in [0.1, 0.15) is 5.75 Å². The number of hydrogen-bond donors (Lipinski definition) is 5. The number of aryl methyl sites for hydroxylation is 1. The Balaban J connectivity index is 1.27. The van der Waals surface area contributed by atoms with Gasteiger partial charge in [-0.25, -0.2) is 0 Å². The van der Waals surface area contributed by atoms with Gasteiger partial charge in [0, 0.05) is 17.9 Å². The highest BCUT2D eigenvalue weighted by Gasteiger charge is 2.12. The van der Waals surface area contributed by atoms with Crippen molar-refractivity contribution in [2.45, 2.75) is 32.1 Å². The van der Waals surface area contributed by atoms with Crippen LogP contribution in [-0.2, 0) is 25.7 Å². The fraction of sp³-hybridized carbons (Fsp3) is 0.379. The molecule has 3 rings (SSSR count). The Hall–Kier alpha value is -2.67. The molecule has 0 spiro atoms. The summed E-state index contributed by atoms with van der Waals surface area (Å²) in [4.78, 5) is 0. The van der Waals surface area contributed by atoms with Crippen molar-refractivity contribution in [3.63, 3.8) is 0 Å². The second-order valence-corrected chi connectivity index (χ2v) is 9.92. The molecular formula is C29H38N2O3S. The summed E-state index contributed by atoms with van der Waals surface area (Å²) in [5.74, 6) is 2.40. The lowest BCUT2D eigenvalue weighted by molar-refractivity contribution is 0.398. The lowest BCUT2D eigenvalue weighted by Crippen LogP contribution is -2.21. The molecule has 0 saturated carbocycles. The van der Waals surface area contributed by atoms with Gasteiger partial charge in [-0.1, -0.05) is 48.5 Å². The molecule has 0 aliphatic carbocycles. The predicted molar refractivity (Wildman–Crippen MR) is 147 cm³/mol. The summed E-state index contributed by atoms with van der Waals surface area (Å²) in [7, 11) is 0. The van der Waals surface area contributed by atoms with Crippen LogP contribution in [0.1, 0.15) is 28.7 Å². The molecule has 188 valence electrons. The predicted octanol–water partition coefficient (Wildman–Crippen LogP) is 4.68. The molecule has 0 saturated heterocycles. The smallest absolute Gasteiger partial charge is 0.160 e. The molecule has 0 aliphatic heterocycles. The number of hydrogen-bond acceptors (Lipinski definition) is 6. The van der Waals surface area contributed by atoms with Crippen LogP contribution in [0.15, 0.2) is 66.7 Å². The number of aromatic hydroxyl groups is 3. The van der Waals surface area contributed by atoms with Crippen LogP contribution in [0.2, 0.25) is 0 Å². The first-order chi connectivity index (χ1) is 17.1. The Labute approximate surface area is 213 Å². The average molecular weight is 495 g/mol. The summed E-state index contributed by atoms with van der Waals surface area (Å²) in [5.41, 5.74) is 4.21. The zero-order chi connectivity index (χ0) is 24.7. The van der Waals surface area contributed by atoms with Gasteiger partial charge in [-0.05, 0) is 92.4 Å². The minimum atomic E-state index is -0.0841. The van der Waals surface area contributed by atoms with Crippen LogP contribution in [0, 0.1) is 0 Å². The van der Waals surface area contributed by atoms with Crippen LogP contribution in [0.5, 0.6) is 17.2 Å². The zero-order valence-electron chi connectivity index (χ0n) is 20.4. The summed E-state index contributed by atoms with van der Waals surface area (Å²) in [5, 5.41) is 37.1. The zero-order valence-corrected chi connectivity index (χ0v) is 21.2. The Morgan fingerprint density at radius 3 is 2.23 bits per heavy atom. The Morgan fingerprint density at radius 1 is 0.629 bits per heavy atom. The molecule has 3 aromatic rings. The first-order valence-corrected chi connectivity index (χ1v) is 13.6. The van der Waals surface area contributed by atoms with Crippen molar-refractivity contribution in [1.29, 1.82) is 0 Å². The first kappa shape index (κ1) is 26.9. The van der Waals surface area contributed by atoms with Gasteiger partial charge >= 0.3 is 0 Å². The molecule has 0 amide bonds. The van der Waals surface area contributed by atoms with Gasteiger partial charge < -0.3 is 26.0 Å². The summed E-state index contributed by atoms with van der Waals surface area (Å²) in [6.45, 7) is 3.86. The third-order valence-electron chi connectivity index (χ3n) is 6.00. The van der Waals surface area contributed by atoms with E-state index in [2.05, 4.69) is 41.0 Å². The van der Waals surface area contributed by atoms with Crippen molar-refractivity contribution < 1.29 is 15.3 Å². The average Bonchev–Trinajstić information content (AvgIpc) is 2.87. The minimum Gasteiger partial charge on any atom is -0.508 e. The second-order valence-electron chi connectivity index (χ2n) is 8.69.